The minimum absolute atomic E-state index is 0.0457. The van der Waals surface area contributed by atoms with Crippen molar-refractivity contribution in [3.8, 4) is 0 Å². The fraction of sp³-hybridized carbons (Fsp3) is 0.333. The van der Waals surface area contributed by atoms with E-state index in [1.807, 2.05) is 0 Å². The van der Waals surface area contributed by atoms with E-state index in [0.29, 0.717) is 12.6 Å². The first-order chi connectivity index (χ1) is 12.3. The van der Waals surface area contributed by atoms with Crippen LogP contribution in [0.5, 0.6) is 0 Å². The van der Waals surface area contributed by atoms with Crippen molar-refractivity contribution in [2.24, 2.45) is 0 Å². The van der Waals surface area contributed by atoms with Crippen molar-refractivity contribution in [1.29, 1.82) is 0 Å². The molecule has 0 fully saturated rings. The molecule has 1 aromatic heterocycles. The monoisotopic (exact) mass is 371 g/mol. The molecule has 0 aliphatic heterocycles. The SMILES string of the molecule is O=C(CCn1ccnc1)NCCNc1ccc(C(F)(F)F)cc1[N+](=O)[O-]. The van der Waals surface area contributed by atoms with Crippen molar-refractivity contribution in [3.63, 3.8) is 0 Å². The van der Waals surface area contributed by atoms with E-state index in [0.717, 1.165) is 12.1 Å². The number of carbonyl (C=O) groups is 1. The lowest BCUT2D eigenvalue weighted by Gasteiger charge is -2.11. The van der Waals surface area contributed by atoms with Crippen LogP contribution in [0, 0.1) is 10.1 Å². The molecular weight excluding hydrogens is 355 g/mol. The zero-order valence-electron chi connectivity index (χ0n) is 13.5. The number of nitrogens with zero attached hydrogens (tertiary/aromatic N) is 3. The maximum Gasteiger partial charge on any atom is 0.416 e. The van der Waals surface area contributed by atoms with Gasteiger partial charge in [0, 0.05) is 44.5 Å². The predicted molar refractivity (Wildman–Crippen MR) is 86.4 cm³/mol. The Kier molecular flexibility index (Phi) is 6.15. The summed E-state index contributed by atoms with van der Waals surface area (Å²) in [6.45, 7) is 0.758. The number of aromatic nitrogens is 2. The Morgan fingerprint density at radius 1 is 1.31 bits per heavy atom. The highest BCUT2D eigenvalue weighted by molar-refractivity contribution is 5.75. The number of hydrogen-bond donors (Lipinski definition) is 2. The number of nitro benzene ring substituents is 1. The first-order valence-electron chi connectivity index (χ1n) is 7.59. The maximum absolute atomic E-state index is 12.6. The molecule has 140 valence electrons. The Bertz CT molecular complexity index is 762. The number of imidazole rings is 1. The third kappa shape index (κ3) is 5.46. The highest BCUT2D eigenvalue weighted by atomic mass is 19.4. The summed E-state index contributed by atoms with van der Waals surface area (Å²) in [6.07, 6.45) is 0.471. The van der Waals surface area contributed by atoms with E-state index >= 15 is 0 Å². The molecule has 0 atom stereocenters. The van der Waals surface area contributed by atoms with Crippen molar-refractivity contribution in [2.45, 2.75) is 19.1 Å². The molecule has 11 heteroatoms. The summed E-state index contributed by atoms with van der Waals surface area (Å²) in [5.41, 5.74) is -1.82. The summed E-state index contributed by atoms with van der Waals surface area (Å²) in [6, 6.07) is 2.24. The quantitative estimate of drug-likeness (QED) is 0.422. The molecule has 0 aliphatic rings. The van der Waals surface area contributed by atoms with Crippen molar-refractivity contribution < 1.29 is 22.9 Å². The standard InChI is InChI=1S/C15H16F3N5O3/c16-15(17,18)11-1-2-12(13(9-11)23(25)26)20-4-5-21-14(24)3-7-22-8-6-19-10-22/h1-2,6,8-10,20H,3-5,7H2,(H,21,24). The highest BCUT2D eigenvalue weighted by Crippen LogP contribution is 2.34. The normalized spacial score (nSPS) is 11.2. The zero-order chi connectivity index (χ0) is 19.2. The van der Waals surface area contributed by atoms with Gasteiger partial charge in [-0.15, -0.1) is 0 Å². The molecule has 0 bridgehead atoms. The average molecular weight is 371 g/mol. The number of rotatable bonds is 8. The maximum atomic E-state index is 12.6. The van der Waals surface area contributed by atoms with Gasteiger partial charge in [-0.1, -0.05) is 0 Å². The second-order valence-corrected chi connectivity index (χ2v) is 5.31. The Hall–Kier alpha value is -3.11. The molecule has 1 amide bonds. The summed E-state index contributed by atoms with van der Waals surface area (Å²) in [5, 5.41) is 16.2. The molecule has 2 aromatic rings. The van der Waals surface area contributed by atoms with Gasteiger partial charge in [0.05, 0.1) is 16.8 Å². The molecule has 2 rings (SSSR count). The van der Waals surface area contributed by atoms with Crippen LogP contribution < -0.4 is 10.6 Å². The van der Waals surface area contributed by atoms with Crippen LogP contribution in [0.2, 0.25) is 0 Å². The Morgan fingerprint density at radius 3 is 2.69 bits per heavy atom. The number of aryl methyl sites for hydroxylation is 1. The van der Waals surface area contributed by atoms with Crippen LogP contribution in [0.3, 0.4) is 0 Å². The van der Waals surface area contributed by atoms with Crippen molar-refractivity contribution >= 4 is 17.3 Å². The van der Waals surface area contributed by atoms with Gasteiger partial charge in [0.2, 0.25) is 5.91 Å². The second kappa shape index (κ2) is 8.32. The molecular formula is C15H16F3N5O3. The van der Waals surface area contributed by atoms with Crippen LogP contribution in [-0.2, 0) is 17.5 Å². The third-order valence-electron chi connectivity index (χ3n) is 3.44. The molecule has 2 N–H and O–H groups in total. The fourth-order valence-electron chi connectivity index (χ4n) is 2.15. The van der Waals surface area contributed by atoms with E-state index in [9.17, 15) is 28.1 Å². The Labute approximate surface area is 146 Å². The van der Waals surface area contributed by atoms with Crippen LogP contribution >= 0.6 is 0 Å². The van der Waals surface area contributed by atoms with E-state index < -0.39 is 22.4 Å². The minimum Gasteiger partial charge on any atom is -0.378 e. The molecule has 8 nitrogen and oxygen atoms in total. The molecule has 1 heterocycles. The van der Waals surface area contributed by atoms with Gasteiger partial charge < -0.3 is 15.2 Å². The number of anilines is 1. The minimum atomic E-state index is -4.66. The van der Waals surface area contributed by atoms with Gasteiger partial charge in [0.15, 0.2) is 0 Å². The molecule has 26 heavy (non-hydrogen) atoms. The van der Waals surface area contributed by atoms with Gasteiger partial charge in [-0.2, -0.15) is 13.2 Å². The molecule has 1 aromatic carbocycles. The first-order valence-corrected chi connectivity index (χ1v) is 7.59. The van der Waals surface area contributed by atoms with Gasteiger partial charge in [-0.3, -0.25) is 14.9 Å². The Morgan fingerprint density at radius 2 is 2.08 bits per heavy atom. The number of carbonyl (C=O) groups excluding carboxylic acids is 1. The van der Waals surface area contributed by atoms with E-state index in [1.54, 1.807) is 23.3 Å². The van der Waals surface area contributed by atoms with Gasteiger partial charge in [-0.05, 0) is 12.1 Å². The summed E-state index contributed by atoms with van der Waals surface area (Å²) in [4.78, 5) is 25.6. The van der Waals surface area contributed by atoms with Crippen LogP contribution in [0.25, 0.3) is 0 Å². The summed E-state index contributed by atoms with van der Waals surface area (Å²) < 4.78 is 39.6. The smallest absolute Gasteiger partial charge is 0.378 e. The topological polar surface area (TPSA) is 102 Å². The van der Waals surface area contributed by atoms with Gasteiger partial charge in [0.1, 0.15) is 5.69 Å². The highest BCUT2D eigenvalue weighted by Gasteiger charge is 2.32. The van der Waals surface area contributed by atoms with Crippen LogP contribution in [0.4, 0.5) is 24.5 Å². The van der Waals surface area contributed by atoms with Gasteiger partial charge >= 0.3 is 6.18 Å². The number of nitrogens with one attached hydrogen (secondary N) is 2. The summed E-state index contributed by atoms with van der Waals surface area (Å²) in [5.74, 6) is -0.220. The van der Waals surface area contributed by atoms with Crippen LogP contribution in [-0.4, -0.2) is 33.5 Å². The zero-order valence-corrected chi connectivity index (χ0v) is 13.5. The predicted octanol–water partition coefficient (Wildman–Crippen LogP) is 2.43. The van der Waals surface area contributed by atoms with Gasteiger partial charge in [-0.25, -0.2) is 4.98 Å². The van der Waals surface area contributed by atoms with E-state index in [2.05, 4.69) is 15.6 Å². The molecule has 0 radical (unpaired) electrons. The van der Waals surface area contributed by atoms with E-state index in [-0.39, 0.29) is 31.1 Å². The number of amides is 1. The lowest BCUT2D eigenvalue weighted by atomic mass is 10.1. The van der Waals surface area contributed by atoms with Crippen molar-refractivity contribution in [2.75, 3.05) is 18.4 Å². The molecule has 0 saturated carbocycles. The average Bonchev–Trinajstić information content (AvgIpc) is 3.09. The van der Waals surface area contributed by atoms with Gasteiger partial charge in [0.25, 0.3) is 5.69 Å². The molecule has 0 saturated heterocycles. The fourth-order valence-corrected chi connectivity index (χ4v) is 2.15. The van der Waals surface area contributed by atoms with Crippen LogP contribution in [0.15, 0.2) is 36.9 Å². The van der Waals surface area contributed by atoms with Crippen molar-refractivity contribution in [1.82, 2.24) is 14.9 Å². The summed E-state index contributed by atoms with van der Waals surface area (Å²) in [7, 11) is 0. The summed E-state index contributed by atoms with van der Waals surface area (Å²) >= 11 is 0. The Balaban J connectivity index is 1.83. The lowest BCUT2D eigenvalue weighted by Crippen LogP contribution is -2.29. The van der Waals surface area contributed by atoms with Crippen molar-refractivity contribution in [3.05, 3.63) is 52.6 Å². The lowest BCUT2D eigenvalue weighted by molar-refractivity contribution is -0.384. The first kappa shape index (κ1) is 19.2. The molecule has 0 unspecified atom stereocenters. The largest absolute Gasteiger partial charge is 0.416 e. The van der Waals surface area contributed by atoms with E-state index in [1.165, 1.54) is 0 Å². The number of hydrogen-bond acceptors (Lipinski definition) is 5. The van der Waals surface area contributed by atoms with Crippen LogP contribution in [0.1, 0.15) is 12.0 Å². The number of nitro groups is 1. The molecule has 0 spiro atoms. The molecule has 0 aliphatic carbocycles. The third-order valence-corrected chi connectivity index (χ3v) is 3.44. The number of alkyl halides is 3. The van der Waals surface area contributed by atoms with E-state index in [4.69, 9.17) is 0 Å². The number of halogens is 3. The second-order valence-electron chi connectivity index (χ2n) is 5.31. The number of benzene rings is 1.